The molecule has 140 valence electrons. The number of rotatable bonds is 10. The number of ether oxygens (including phenoxy) is 2. The van der Waals surface area contributed by atoms with Gasteiger partial charge in [-0.1, -0.05) is 19.9 Å². The fraction of sp³-hybridized carbons (Fsp3) is 0.833. The number of halogens is 2. The maximum absolute atomic E-state index is 13.4. The Morgan fingerprint density at radius 1 is 1.25 bits per heavy atom. The molecule has 0 aromatic rings. The van der Waals surface area contributed by atoms with Crippen molar-refractivity contribution in [2.45, 2.75) is 76.7 Å². The van der Waals surface area contributed by atoms with E-state index in [-0.39, 0.29) is 25.0 Å². The van der Waals surface area contributed by atoms with E-state index in [1.54, 1.807) is 12.0 Å². The van der Waals surface area contributed by atoms with Gasteiger partial charge in [0.15, 0.2) is 0 Å². The van der Waals surface area contributed by atoms with Crippen LogP contribution in [-0.4, -0.2) is 43.2 Å². The van der Waals surface area contributed by atoms with Gasteiger partial charge in [0.05, 0.1) is 19.5 Å². The van der Waals surface area contributed by atoms with Gasteiger partial charge in [0.1, 0.15) is 0 Å². The molecule has 0 bridgehead atoms. The van der Waals surface area contributed by atoms with E-state index >= 15 is 0 Å². The van der Waals surface area contributed by atoms with E-state index in [1.807, 2.05) is 6.92 Å². The molecule has 0 radical (unpaired) electrons. The molecule has 0 aromatic carbocycles. The third-order valence-electron chi connectivity index (χ3n) is 4.48. The van der Waals surface area contributed by atoms with Crippen LogP contribution in [0.3, 0.4) is 0 Å². The molecule has 6 heteroatoms. The molecular formula is C18H31F2NO3. The van der Waals surface area contributed by atoms with Gasteiger partial charge in [0.2, 0.25) is 5.92 Å². The Hall–Kier alpha value is -1.33. The molecule has 0 aliphatic heterocycles. The molecule has 1 saturated carbocycles. The van der Waals surface area contributed by atoms with E-state index in [1.165, 1.54) is 0 Å². The second kappa shape index (κ2) is 10.5. The Balaban J connectivity index is 2.52. The number of carbonyl (C=O) groups excluding carboxylic acids is 1. The van der Waals surface area contributed by atoms with Crippen LogP contribution in [0.25, 0.3) is 0 Å². The number of amides is 1. The quantitative estimate of drug-likeness (QED) is 0.406. The monoisotopic (exact) mass is 347 g/mol. The number of nitrogens with zero attached hydrogens (tertiary/aromatic N) is 1. The van der Waals surface area contributed by atoms with Crippen molar-refractivity contribution in [3.63, 3.8) is 0 Å². The maximum Gasteiger partial charge on any atom is 0.410 e. The van der Waals surface area contributed by atoms with Crippen molar-refractivity contribution in [1.29, 1.82) is 0 Å². The lowest BCUT2D eigenvalue weighted by molar-refractivity contribution is -0.0529. The Morgan fingerprint density at radius 3 is 2.50 bits per heavy atom. The van der Waals surface area contributed by atoms with Crippen LogP contribution in [0.5, 0.6) is 0 Å². The van der Waals surface area contributed by atoms with Gasteiger partial charge in [-0.2, -0.15) is 0 Å². The van der Waals surface area contributed by atoms with Gasteiger partial charge in [0.25, 0.3) is 0 Å². The second-order valence-electron chi connectivity index (χ2n) is 6.45. The Labute approximate surface area is 144 Å². The zero-order valence-electron chi connectivity index (χ0n) is 15.0. The number of allylic oxidation sites excluding steroid dienone is 1. The minimum atomic E-state index is -2.59. The lowest BCUT2D eigenvalue weighted by Crippen LogP contribution is -2.45. The molecule has 1 aliphatic carbocycles. The number of methoxy groups -OCH3 is 1. The zero-order valence-corrected chi connectivity index (χ0v) is 15.0. The van der Waals surface area contributed by atoms with Crippen molar-refractivity contribution in [2.24, 2.45) is 0 Å². The van der Waals surface area contributed by atoms with E-state index in [0.717, 1.165) is 32.1 Å². The maximum atomic E-state index is 13.4. The minimum Gasteiger partial charge on any atom is -0.502 e. The van der Waals surface area contributed by atoms with E-state index in [4.69, 9.17) is 9.47 Å². The van der Waals surface area contributed by atoms with Crippen molar-refractivity contribution in [1.82, 2.24) is 4.90 Å². The molecule has 0 spiro atoms. The average molecular weight is 347 g/mol. The Bertz CT molecular complexity index is 392. The highest BCUT2D eigenvalue weighted by atomic mass is 19.3. The van der Waals surface area contributed by atoms with Crippen LogP contribution in [0.1, 0.15) is 64.7 Å². The van der Waals surface area contributed by atoms with Crippen molar-refractivity contribution in [2.75, 3.05) is 20.3 Å². The van der Waals surface area contributed by atoms with Crippen LogP contribution in [0.4, 0.5) is 13.6 Å². The number of carbonyl (C=O) groups is 1. The van der Waals surface area contributed by atoms with Crippen LogP contribution in [0, 0.1) is 0 Å². The van der Waals surface area contributed by atoms with Gasteiger partial charge in [-0.25, -0.2) is 13.6 Å². The Morgan fingerprint density at radius 2 is 1.92 bits per heavy atom. The number of hydrogen-bond donors (Lipinski definition) is 0. The number of alkyl halides is 2. The molecular weight excluding hydrogens is 316 g/mol. The predicted molar refractivity (Wildman–Crippen MR) is 90.2 cm³/mol. The number of hydrogen-bond acceptors (Lipinski definition) is 3. The molecule has 0 N–H and O–H groups in total. The molecule has 0 heterocycles. The second-order valence-corrected chi connectivity index (χ2v) is 6.45. The zero-order chi connectivity index (χ0) is 18.0. The van der Waals surface area contributed by atoms with E-state index in [0.29, 0.717) is 31.8 Å². The number of unbranched alkanes of at least 4 members (excludes halogenated alkanes) is 2. The lowest BCUT2D eigenvalue weighted by atomic mass is 9.91. The smallest absolute Gasteiger partial charge is 0.410 e. The summed E-state index contributed by atoms with van der Waals surface area (Å²) in [6.07, 6.45) is 4.10. The van der Waals surface area contributed by atoms with Gasteiger partial charge in [-0.15, -0.1) is 0 Å². The topological polar surface area (TPSA) is 38.8 Å². The summed E-state index contributed by atoms with van der Waals surface area (Å²) >= 11 is 0. The molecule has 0 saturated heterocycles. The van der Waals surface area contributed by atoms with Crippen molar-refractivity contribution in [3.05, 3.63) is 12.3 Å². The average Bonchev–Trinajstić information content (AvgIpc) is 2.55. The fourth-order valence-electron chi connectivity index (χ4n) is 2.85. The highest BCUT2D eigenvalue weighted by molar-refractivity contribution is 5.68. The van der Waals surface area contributed by atoms with Crippen LogP contribution in [0.2, 0.25) is 0 Å². The molecule has 1 amide bonds. The third-order valence-corrected chi connectivity index (χ3v) is 4.48. The van der Waals surface area contributed by atoms with E-state index in [9.17, 15) is 13.6 Å². The van der Waals surface area contributed by atoms with E-state index < -0.39 is 5.92 Å². The first kappa shape index (κ1) is 20.7. The van der Waals surface area contributed by atoms with Gasteiger partial charge in [-0.05, 0) is 32.1 Å². The Kier molecular flexibility index (Phi) is 9.08. The highest BCUT2D eigenvalue weighted by Crippen LogP contribution is 2.35. The minimum absolute atomic E-state index is 0.149. The first-order valence-electron chi connectivity index (χ1n) is 8.92. The van der Waals surface area contributed by atoms with Crippen LogP contribution < -0.4 is 0 Å². The summed E-state index contributed by atoms with van der Waals surface area (Å²) in [4.78, 5) is 14.0. The SMILES string of the molecule is C=C(CCCCN(C(=O)OCCCC)C1CCC(F)(F)CC1)OC. The lowest BCUT2D eigenvalue weighted by Gasteiger charge is -2.36. The van der Waals surface area contributed by atoms with Crippen LogP contribution >= 0.6 is 0 Å². The predicted octanol–water partition coefficient (Wildman–Crippen LogP) is 5.13. The normalized spacial score (nSPS) is 17.3. The van der Waals surface area contributed by atoms with Crippen molar-refractivity contribution < 1.29 is 23.0 Å². The summed E-state index contributed by atoms with van der Waals surface area (Å²) in [5.41, 5.74) is 0. The molecule has 0 unspecified atom stereocenters. The van der Waals surface area contributed by atoms with Gasteiger partial charge in [-0.3, -0.25) is 0 Å². The summed E-state index contributed by atoms with van der Waals surface area (Å²) in [5, 5.41) is 0. The molecule has 0 atom stereocenters. The van der Waals surface area contributed by atoms with Gasteiger partial charge >= 0.3 is 6.09 Å². The molecule has 0 aromatic heterocycles. The molecule has 1 aliphatic rings. The summed E-state index contributed by atoms with van der Waals surface area (Å²) in [5.74, 6) is -1.88. The molecule has 1 fully saturated rings. The van der Waals surface area contributed by atoms with Crippen LogP contribution in [-0.2, 0) is 9.47 Å². The molecule has 24 heavy (non-hydrogen) atoms. The first-order chi connectivity index (χ1) is 11.4. The van der Waals surface area contributed by atoms with E-state index in [2.05, 4.69) is 6.58 Å². The standard InChI is InChI=1S/C18H31F2NO3/c1-4-5-14-24-17(22)21(13-7-6-8-15(2)23-3)16-9-11-18(19,20)12-10-16/h16H,2,4-14H2,1,3H3. The molecule has 4 nitrogen and oxygen atoms in total. The van der Waals surface area contributed by atoms with Crippen LogP contribution in [0.15, 0.2) is 12.3 Å². The summed E-state index contributed by atoms with van der Waals surface area (Å²) in [6, 6.07) is -0.149. The van der Waals surface area contributed by atoms with Gasteiger partial charge < -0.3 is 14.4 Å². The summed E-state index contributed by atoms with van der Waals surface area (Å²) in [6.45, 7) is 6.71. The van der Waals surface area contributed by atoms with Crippen molar-refractivity contribution >= 4 is 6.09 Å². The summed E-state index contributed by atoms with van der Waals surface area (Å²) in [7, 11) is 1.59. The third kappa shape index (κ3) is 7.49. The highest BCUT2D eigenvalue weighted by Gasteiger charge is 2.38. The van der Waals surface area contributed by atoms with Gasteiger partial charge in [0, 0.05) is 31.8 Å². The first-order valence-corrected chi connectivity index (χ1v) is 8.92. The molecule has 1 rings (SSSR count). The largest absolute Gasteiger partial charge is 0.502 e. The summed E-state index contributed by atoms with van der Waals surface area (Å²) < 4.78 is 37.1. The van der Waals surface area contributed by atoms with Crippen molar-refractivity contribution in [3.8, 4) is 0 Å². The fourth-order valence-corrected chi connectivity index (χ4v) is 2.85.